The van der Waals surface area contributed by atoms with Gasteiger partial charge >= 0.3 is 0 Å². The van der Waals surface area contributed by atoms with Gasteiger partial charge in [0.15, 0.2) is 0 Å². The zero-order chi connectivity index (χ0) is 17.2. The summed E-state index contributed by atoms with van der Waals surface area (Å²) < 4.78 is 0. The average Bonchev–Trinajstić information content (AvgIpc) is 3.28. The van der Waals surface area contributed by atoms with Crippen LogP contribution < -0.4 is 0 Å². The second-order valence-electron chi connectivity index (χ2n) is 7.02. The Morgan fingerprint density at radius 3 is 2.80 bits per heavy atom. The van der Waals surface area contributed by atoms with Crippen LogP contribution in [0.15, 0.2) is 54.7 Å². The molecule has 1 atom stereocenters. The first kappa shape index (κ1) is 15.9. The lowest BCUT2D eigenvalue weighted by molar-refractivity contribution is -0.132. The van der Waals surface area contributed by atoms with Crippen molar-refractivity contribution in [2.24, 2.45) is 0 Å². The minimum Gasteiger partial charge on any atom is -0.361 e. The molecule has 128 valence electrons. The van der Waals surface area contributed by atoms with E-state index in [4.69, 9.17) is 0 Å². The van der Waals surface area contributed by atoms with E-state index in [1.807, 2.05) is 12.3 Å². The van der Waals surface area contributed by atoms with Crippen LogP contribution in [-0.4, -0.2) is 22.3 Å². The van der Waals surface area contributed by atoms with Gasteiger partial charge in [0.05, 0.1) is 6.04 Å². The lowest BCUT2D eigenvalue weighted by Gasteiger charge is -2.25. The predicted octanol–water partition coefficient (Wildman–Crippen LogP) is 4.77. The fourth-order valence-corrected chi connectivity index (χ4v) is 3.92. The van der Waals surface area contributed by atoms with Crippen molar-refractivity contribution in [1.29, 1.82) is 0 Å². The first-order valence-corrected chi connectivity index (χ1v) is 9.13. The van der Waals surface area contributed by atoms with Crippen LogP contribution in [0.25, 0.3) is 10.9 Å². The number of hydrogen-bond donors (Lipinski definition) is 1. The summed E-state index contributed by atoms with van der Waals surface area (Å²) in [5.74, 6) is 0.272. The number of hydrogen-bond acceptors (Lipinski definition) is 1. The van der Waals surface area contributed by atoms with Crippen LogP contribution in [0.4, 0.5) is 0 Å². The van der Waals surface area contributed by atoms with Gasteiger partial charge in [0.25, 0.3) is 0 Å². The first-order chi connectivity index (χ1) is 12.2. The lowest BCUT2D eigenvalue weighted by atomic mass is 10.0. The first-order valence-electron chi connectivity index (χ1n) is 9.13. The van der Waals surface area contributed by atoms with E-state index in [0.29, 0.717) is 6.42 Å². The standard InChI is InChI=1S/C22H24N2O/c1-16-8-10-17(11-9-16)21-7-4-14-24(21)22(25)13-12-18-15-23-20-6-3-2-5-19(18)20/h2-3,5-6,8-11,15,21,23H,4,7,12-14H2,1H3. The highest BCUT2D eigenvalue weighted by Gasteiger charge is 2.29. The molecule has 2 aromatic carbocycles. The summed E-state index contributed by atoms with van der Waals surface area (Å²) in [6, 6.07) is 17.2. The van der Waals surface area contributed by atoms with Gasteiger partial charge < -0.3 is 9.88 Å². The lowest BCUT2D eigenvalue weighted by Crippen LogP contribution is -2.30. The number of aryl methyl sites for hydroxylation is 2. The van der Waals surface area contributed by atoms with Gasteiger partial charge in [-0.05, 0) is 43.4 Å². The van der Waals surface area contributed by atoms with E-state index in [2.05, 4.69) is 59.3 Å². The van der Waals surface area contributed by atoms with Gasteiger partial charge in [0.1, 0.15) is 0 Å². The maximum Gasteiger partial charge on any atom is 0.223 e. The Morgan fingerprint density at radius 2 is 1.96 bits per heavy atom. The molecule has 0 spiro atoms. The van der Waals surface area contributed by atoms with E-state index in [0.717, 1.165) is 31.3 Å². The van der Waals surface area contributed by atoms with Crippen LogP contribution in [0.2, 0.25) is 0 Å². The molecule has 1 N–H and O–H groups in total. The quantitative estimate of drug-likeness (QED) is 0.734. The molecule has 1 saturated heterocycles. The van der Waals surface area contributed by atoms with Crippen molar-refractivity contribution in [3.63, 3.8) is 0 Å². The molecule has 1 aliphatic heterocycles. The number of likely N-dealkylation sites (tertiary alicyclic amines) is 1. The van der Waals surface area contributed by atoms with Crippen LogP contribution in [0.1, 0.15) is 42.0 Å². The third kappa shape index (κ3) is 3.19. The second-order valence-corrected chi connectivity index (χ2v) is 7.02. The SMILES string of the molecule is Cc1ccc(C2CCCN2C(=O)CCc2c[nH]c3ccccc23)cc1. The highest BCUT2D eigenvalue weighted by molar-refractivity contribution is 5.84. The van der Waals surface area contributed by atoms with Crippen molar-refractivity contribution in [3.05, 3.63) is 71.4 Å². The Bertz CT molecular complexity index is 878. The highest BCUT2D eigenvalue weighted by Crippen LogP contribution is 2.32. The maximum absolute atomic E-state index is 12.8. The summed E-state index contributed by atoms with van der Waals surface area (Å²) in [4.78, 5) is 18.2. The van der Waals surface area contributed by atoms with Crippen molar-refractivity contribution in [2.75, 3.05) is 6.54 Å². The van der Waals surface area contributed by atoms with Gasteiger partial charge in [-0.3, -0.25) is 4.79 Å². The molecular weight excluding hydrogens is 308 g/mol. The fourth-order valence-electron chi connectivity index (χ4n) is 3.92. The maximum atomic E-state index is 12.8. The van der Waals surface area contributed by atoms with Crippen LogP contribution in [0.5, 0.6) is 0 Å². The molecule has 3 nitrogen and oxygen atoms in total. The van der Waals surface area contributed by atoms with Crippen LogP contribution >= 0.6 is 0 Å². The monoisotopic (exact) mass is 332 g/mol. The third-order valence-corrected chi connectivity index (χ3v) is 5.32. The van der Waals surface area contributed by atoms with Crippen LogP contribution in [-0.2, 0) is 11.2 Å². The van der Waals surface area contributed by atoms with Crippen molar-refractivity contribution in [1.82, 2.24) is 9.88 Å². The molecule has 0 saturated carbocycles. The summed E-state index contributed by atoms with van der Waals surface area (Å²) in [5.41, 5.74) is 4.90. The molecule has 1 fully saturated rings. The Hall–Kier alpha value is -2.55. The predicted molar refractivity (Wildman–Crippen MR) is 101 cm³/mol. The number of nitrogens with zero attached hydrogens (tertiary/aromatic N) is 1. The number of para-hydroxylation sites is 1. The normalized spacial score (nSPS) is 17.3. The Morgan fingerprint density at radius 1 is 1.16 bits per heavy atom. The number of carbonyl (C=O) groups is 1. The summed E-state index contributed by atoms with van der Waals surface area (Å²) in [6.07, 6.45) is 5.57. The Balaban J connectivity index is 1.46. The number of carbonyl (C=O) groups excluding carboxylic acids is 1. The van der Waals surface area contributed by atoms with Gasteiger partial charge in [-0.2, -0.15) is 0 Å². The minimum atomic E-state index is 0.246. The van der Waals surface area contributed by atoms with Gasteiger partial charge in [-0.1, -0.05) is 48.0 Å². The molecule has 4 rings (SSSR count). The smallest absolute Gasteiger partial charge is 0.223 e. The molecule has 0 bridgehead atoms. The van der Waals surface area contributed by atoms with Crippen LogP contribution in [0, 0.1) is 6.92 Å². The van der Waals surface area contributed by atoms with E-state index in [1.165, 1.54) is 22.1 Å². The molecule has 0 radical (unpaired) electrons. The zero-order valence-corrected chi connectivity index (χ0v) is 14.7. The van der Waals surface area contributed by atoms with Crippen LogP contribution in [0.3, 0.4) is 0 Å². The largest absolute Gasteiger partial charge is 0.361 e. The average molecular weight is 332 g/mol. The molecule has 1 aliphatic rings. The number of aromatic nitrogens is 1. The molecule has 1 unspecified atom stereocenters. The number of benzene rings is 2. The molecule has 1 aromatic heterocycles. The summed E-state index contributed by atoms with van der Waals surface area (Å²) in [7, 11) is 0. The van der Waals surface area contributed by atoms with Gasteiger partial charge in [-0.15, -0.1) is 0 Å². The minimum absolute atomic E-state index is 0.246. The Labute approximate surface area is 148 Å². The molecule has 2 heterocycles. The highest BCUT2D eigenvalue weighted by atomic mass is 16.2. The molecule has 3 aromatic rings. The van der Waals surface area contributed by atoms with E-state index in [-0.39, 0.29) is 11.9 Å². The molecule has 25 heavy (non-hydrogen) atoms. The van der Waals surface area contributed by atoms with Gasteiger partial charge in [-0.25, -0.2) is 0 Å². The fraction of sp³-hybridized carbons (Fsp3) is 0.318. The van der Waals surface area contributed by atoms with E-state index < -0.39 is 0 Å². The van der Waals surface area contributed by atoms with Crippen molar-refractivity contribution in [3.8, 4) is 0 Å². The molecule has 0 aliphatic carbocycles. The van der Waals surface area contributed by atoms with Gasteiger partial charge in [0, 0.05) is 30.1 Å². The Kier molecular flexibility index (Phi) is 4.31. The topological polar surface area (TPSA) is 36.1 Å². The van der Waals surface area contributed by atoms with Crippen molar-refractivity contribution >= 4 is 16.8 Å². The summed E-state index contributed by atoms with van der Waals surface area (Å²) in [5, 5.41) is 1.23. The van der Waals surface area contributed by atoms with Crippen molar-refractivity contribution < 1.29 is 4.79 Å². The summed E-state index contributed by atoms with van der Waals surface area (Å²) in [6.45, 7) is 2.98. The third-order valence-electron chi connectivity index (χ3n) is 5.32. The number of fused-ring (bicyclic) bond motifs is 1. The number of aromatic amines is 1. The zero-order valence-electron chi connectivity index (χ0n) is 14.7. The van der Waals surface area contributed by atoms with Crippen molar-refractivity contribution in [2.45, 2.75) is 38.6 Å². The summed E-state index contributed by atoms with van der Waals surface area (Å²) >= 11 is 0. The van der Waals surface area contributed by atoms with E-state index in [1.54, 1.807) is 0 Å². The number of H-pyrrole nitrogens is 1. The van der Waals surface area contributed by atoms with E-state index >= 15 is 0 Å². The number of amides is 1. The molecular formula is C22H24N2O. The molecule has 3 heteroatoms. The van der Waals surface area contributed by atoms with Gasteiger partial charge in [0.2, 0.25) is 5.91 Å². The van der Waals surface area contributed by atoms with E-state index in [9.17, 15) is 4.79 Å². The number of rotatable bonds is 4. The molecule has 1 amide bonds. The number of nitrogens with one attached hydrogen (secondary N) is 1. The second kappa shape index (κ2) is 6.75.